The normalized spacial score (nSPS) is 12.1. The van der Waals surface area contributed by atoms with Crippen LogP contribution in [0.5, 0.6) is 0 Å². The van der Waals surface area contributed by atoms with Crippen molar-refractivity contribution in [1.29, 1.82) is 0 Å². The number of benzene rings is 1. The molecule has 0 bridgehead atoms. The molecule has 114 valence electrons. The molecule has 3 heteroatoms. The van der Waals surface area contributed by atoms with Crippen molar-refractivity contribution in [2.75, 3.05) is 7.05 Å². The van der Waals surface area contributed by atoms with Gasteiger partial charge in [0.05, 0.1) is 11.2 Å². The molecule has 0 atom stereocenters. The molecule has 0 saturated carbocycles. The van der Waals surface area contributed by atoms with Gasteiger partial charge in [0.1, 0.15) is 0 Å². The number of nitrogens with zero attached hydrogens (tertiary/aromatic N) is 3. The zero-order chi connectivity index (χ0) is 16.0. The number of aliphatic imine (C=N–C) groups is 1. The molecule has 2 aromatic rings. The number of allylic oxidation sites excluding steroid dienone is 2. The summed E-state index contributed by atoms with van der Waals surface area (Å²) in [5.74, 6) is 0.453. The van der Waals surface area contributed by atoms with Crippen LogP contribution in [0.3, 0.4) is 0 Å². The van der Waals surface area contributed by atoms with E-state index in [-0.39, 0.29) is 0 Å². The van der Waals surface area contributed by atoms with E-state index in [1.807, 2.05) is 51.7 Å². The maximum absolute atomic E-state index is 4.57. The fourth-order valence-electron chi connectivity index (χ4n) is 2.52. The van der Waals surface area contributed by atoms with Gasteiger partial charge in [-0.2, -0.15) is 5.10 Å². The SMILES string of the molecule is C/C=C\C(=NC)c1ccc2nn(C)c(C(C)C)c2c1.CC. The average Bonchev–Trinajstić information content (AvgIpc) is 2.81. The molecule has 0 aliphatic heterocycles. The molecule has 0 aliphatic carbocycles. The summed E-state index contributed by atoms with van der Waals surface area (Å²) < 4.78 is 1.98. The highest BCUT2D eigenvalue weighted by molar-refractivity contribution is 6.10. The summed E-state index contributed by atoms with van der Waals surface area (Å²) in [6.45, 7) is 10.4. The second-order valence-electron chi connectivity index (χ2n) is 5.00. The minimum atomic E-state index is 0.453. The van der Waals surface area contributed by atoms with Crippen LogP contribution in [-0.4, -0.2) is 22.5 Å². The predicted molar refractivity (Wildman–Crippen MR) is 93.4 cm³/mol. The van der Waals surface area contributed by atoms with Crippen molar-refractivity contribution < 1.29 is 0 Å². The molecule has 0 amide bonds. The summed E-state index contributed by atoms with van der Waals surface area (Å²) in [4.78, 5) is 4.34. The van der Waals surface area contributed by atoms with Gasteiger partial charge in [-0.05, 0) is 31.1 Å². The van der Waals surface area contributed by atoms with Gasteiger partial charge in [0.15, 0.2) is 0 Å². The summed E-state index contributed by atoms with van der Waals surface area (Å²) in [6, 6.07) is 6.35. The summed E-state index contributed by atoms with van der Waals surface area (Å²) in [7, 11) is 3.84. The zero-order valence-electron chi connectivity index (χ0n) is 14.3. The molecule has 0 N–H and O–H groups in total. The van der Waals surface area contributed by atoms with Crippen LogP contribution in [0.2, 0.25) is 0 Å². The Labute approximate surface area is 128 Å². The molecule has 1 aromatic heterocycles. The molecule has 1 heterocycles. The third kappa shape index (κ3) is 3.60. The van der Waals surface area contributed by atoms with E-state index in [9.17, 15) is 0 Å². The van der Waals surface area contributed by atoms with Crippen molar-refractivity contribution in [3.63, 3.8) is 0 Å². The Balaban J connectivity index is 0.00000106. The summed E-state index contributed by atoms with van der Waals surface area (Å²) >= 11 is 0. The minimum Gasteiger partial charge on any atom is -0.288 e. The third-order valence-corrected chi connectivity index (χ3v) is 3.29. The summed E-state index contributed by atoms with van der Waals surface area (Å²) in [5, 5.41) is 5.79. The van der Waals surface area contributed by atoms with E-state index in [0.717, 1.165) is 16.8 Å². The molecular formula is C18H27N3. The molecule has 0 aliphatic rings. The van der Waals surface area contributed by atoms with Crippen LogP contribution in [0.15, 0.2) is 35.3 Å². The molecule has 0 radical (unpaired) electrons. The Morgan fingerprint density at radius 3 is 2.48 bits per heavy atom. The highest BCUT2D eigenvalue weighted by atomic mass is 15.3. The fourth-order valence-corrected chi connectivity index (χ4v) is 2.52. The van der Waals surface area contributed by atoms with Gasteiger partial charge in [0, 0.05) is 30.7 Å². The van der Waals surface area contributed by atoms with E-state index < -0.39 is 0 Å². The molecule has 0 saturated heterocycles. The lowest BCUT2D eigenvalue weighted by Crippen LogP contribution is -2.00. The highest BCUT2D eigenvalue weighted by Crippen LogP contribution is 2.26. The van der Waals surface area contributed by atoms with Gasteiger partial charge in [-0.15, -0.1) is 0 Å². The smallest absolute Gasteiger partial charge is 0.0926 e. The van der Waals surface area contributed by atoms with Gasteiger partial charge in [-0.25, -0.2) is 0 Å². The first kappa shape index (κ1) is 17.2. The second-order valence-corrected chi connectivity index (χ2v) is 5.00. The van der Waals surface area contributed by atoms with Crippen molar-refractivity contribution in [2.24, 2.45) is 12.0 Å². The van der Waals surface area contributed by atoms with Crippen LogP contribution in [0.25, 0.3) is 10.9 Å². The van der Waals surface area contributed by atoms with E-state index >= 15 is 0 Å². The Kier molecular flexibility index (Phi) is 6.35. The molecule has 0 fully saturated rings. The van der Waals surface area contributed by atoms with Crippen molar-refractivity contribution in [2.45, 2.75) is 40.5 Å². The van der Waals surface area contributed by atoms with E-state index in [0.29, 0.717) is 5.92 Å². The van der Waals surface area contributed by atoms with Gasteiger partial charge in [0.2, 0.25) is 0 Å². The first-order chi connectivity index (χ1) is 10.1. The number of fused-ring (bicyclic) bond motifs is 1. The van der Waals surface area contributed by atoms with Crippen LogP contribution in [0, 0.1) is 0 Å². The summed E-state index contributed by atoms with van der Waals surface area (Å²) in [6.07, 6.45) is 4.05. The predicted octanol–water partition coefficient (Wildman–Crippen LogP) is 4.72. The topological polar surface area (TPSA) is 30.2 Å². The Hall–Kier alpha value is -1.90. The molecule has 21 heavy (non-hydrogen) atoms. The first-order valence-electron chi connectivity index (χ1n) is 7.65. The van der Waals surface area contributed by atoms with E-state index in [2.05, 4.69) is 42.1 Å². The lowest BCUT2D eigenvalue weighted by atomic mass is 10.0. The lowest BCUT2D eigenvalue weighted by Gasteiger charge is -2.07. The minimum absolute atomic E-state index is 0.453. The fraction of sp³-hybridized carbons (Fsp3) is 0.444. The van der Waals surface area contributed by atoms with Crippen molar-refractivity contribution in [3.8, 4) is 0 Å². The largest absolute Gasteiger partial charge is 0.288 e. The highest BCUT2D eigenvalue weighted by Gasteiger charge is 2.13. The second kappa shape index (κ2) is 7.77. The van der Waals surface area contributed by atoms with Crippen molar-refractivity contribution >= 4 is 16.6 Å². The maximum atomic E-state index is 4.57. The molecule has 0 unspecified atom stereocenters. The average molecular weight is 285 g/mol. The van der Waals surface area contributed by atoms with Gasteiger partial charge in [-0.1, -0.05) is 39.8 Å². The molecule has 3 nitrogen and oxygen atoms in total. The Morgan fingerprint density at radius 1 is 1.29 bits per heavy atom. The standard InChI is InChI=1S/C16H21N3.C2H6/c1-6-7-14(17-4)12-8-9-15-13(10-12)16(11(2)3)19(5)18-15;1-2/h6-11H,1-5H3;1-2H3/b7-6-,17-14?;. The molecular weight excluding hydrogens is 258 g/mol. The lowest BCUT2D eigenvalue weighted by molar-refractivity contribution is 0.677. The quantitative estimate of drug-likeness (QED) is 0.751. The Morgan fingerprint density at radius 2 is 1.95 bits per heavy atom. The molecule has 2 rings (SSSR count). The number of rotatable bonds is 3. The number of aromatic nitrogens is 2. The number of hydrogen-bond acceptors (Lipinski definition) is 2. The van der Waals surface area contributed by atoms with E-state index in [1.54, 1.807) is 0 Å². The summed E-state index contributed by atoms with van der Waals surface area (Å²) in [5.41, 5.74) is 4.46. The van der Waals surface area contributed by atoms with Gasteiger partial charge in [0.25, 0.3) is 0 Å². The van der Waals surface area contributed by atoms with Crippen LogP contribution >= 0.6 is 0 Å². The van der Waals surface area contributed by atoms with E-state index in [1.165, 1.54) is 11.1 Å². The van der Waals surface area contributed by atoms with Crippen LogP contribution in [-0.2, 0) is 7.05 Å². The number of aryl methyl sites for hydroxylation is 1. The number of hydrogen-bond donors (Lipinski definition) is 0. The third-order valence-electron chi connectivity index (χ3n) is 3.29. The van der Waals surface area contributed by atoms with E-state index in [4.69, 9.17) is 0 Å². The van der Waals surface area contributed by atoms with Gasteiger partial charge >= 0.3 is 0 Å². The van der Waals surface area contributed by atoms with Crippen LogP contribution in [0.4, 0.5) is 0 Å². The van der Waals surface area contributed by atoms with Crippen LogP contribution < -0.4 is 0 Å². The zero-order valence-corrected chi connectivity index (χ0v) is 14.3. The van der Waals surface area contributed by atoms with Gasteiger partial charge in [-0.3, -0.25) is 9.67 Å². The Bertz CT molecular complexity index is 646. The maximum Gasteiger partial charge on any atom is 0.0926 e. The van der Waals surface area contributed by atoms with Crippen molar-refractivity contribution in [3.05, 3.63) is 41.6 Å². The van der Waals surface area contributed by atoms with Crippen molar-refractivity contribution in [1.82, 2.24) is 9.78 Å². The van der Waals surface area contributed by atoms with Crippen LogP contribution in [0.1, 0.15) is 51.8 Å². The molecule has 0 spiro atoms. The van der Waals surface area contributed by atoms with Gasteiger partial charge < -0.3 is 0 Å². The molecule has 1 aromatic carbocycles. The monoisotopic (exact) mass is 285 g/mol. The first-order valence-corrected chi connectivity index (χ1v) is 7.65.